The topological polar surface area (TPSA) is 75.3 Å². The summed E-state index contributed by atoms with van der Waals surface area (Å²) in [7, 11) is 0. The van der Waals surface area contributed by atoms with E-state index in [1.165, 1.54) is 5.56 Å². The van der Waals surface area contributed by atoms with Crippen molar-refractivity contribution in [2.24, 2.45) is 11.7 Å². The van der Waals surface area contributed by atoms with E-state index >= 15 is 0 Å². The molecule has 17 heavy (non-hydrogen) atoms. The van der Waals surface area contributed by atoms with Crippen LogP contribution in [0.1, 0.15) is 28.3 Å². The van der Waals surface area contributed by atoms with Crippen LogP contribution in [0.3, 0.4) is 0 Å². The number of nitrogens with two attached hydrogens (primary N) is 1. The number of nitrogens with one attached hydrogen (secondary N) is 1. The highest BCUT2D eigenvalue weighted by Gasteiger charge is 2.21. The van der Waals surface area contributed by atoms with Crippen molar-refractivity contribution >= 4 is 5.97 Å². The molecule has 1 aromatic rings. The van der Waals surface area contributed by atoms with Gasteiger partial charge in [0.1, 0.15) is 0 Å². The Morgan fingerprint density at radius 2 is 2.06 bits per heavy atom. The number of aromatic carboxylic acids is 1. The Bertz CT molecular complexity index is 389. The van der Waals surface area contributed by atoms with Gasteiger partial charge in [-0.05, 0) is 49.0 Å². The maximum atomic E-state index is 10.8. The molecule has 1 saturated heterocycles. The van der Waals surface area contributed by atoms with E-state index in [2.05, 4.69) is 5.32 Å². The maximum Gasteiger partial charge on any atom is 0.335 e. The van der Waals surface area contributed by atoms with Gasteiger partial charge >= 0.3 is 5.97 Å². The largest absolute Gasteiger partial charge is 0.478 e. The number of piperidine rings is 1. The van der Waals surface area contributed by atoms with Gasteiger partial charge in [0, 0.05) is 6.54 Å². The van der Waals surface area contributed by atoms with Crippen LogP contribution in [0.5, 0.6) is 0 Å². The minimum absolute atomic E-state index is 0.341. The Kier molecular flexibility index (Phi) is 3.76. The summed E-state index contributed by atoms with van der Waals surface area (Å²) in [5.41, 5.74) is 7.23. The summed E-state index contributed by atoms with van der Waals surface area (Å²) in [5, 5.41) is 12.2. The first-order chi connectivity index (χ1) is 8.20. The molecule has 2 rings (SSSR count). The van der Waals surface area contributed by atoms with Gasteiger partial charge in [0.2, 0.25) is 0 Å². The van der Waals surface area contributed by atoms with E-state index in [-0.39, 0.29) is 0 Å². The van der Waals surface area contributed by atoms with Crippen LogP contribution in [-0.2, 0) is 0 Å². The molecule has 1 fully saturated rings. The molecule has 92 valence electrons. The summed E-state index contributed by atoms with van der Waals surface area (Å²) < 4.78 is 0. The van der Waals surface area contributed by atoms with Crippen molar-refractivity contribution < 1.29 is 9.90 Å². The number of carboxylic acid groups (broad SMARTS) is 1. The zero-order valence-corrected chi connectivity index (χ0v) is 9.73. The number of carboxylic acids is 1. The van der Waals surface area contributed by atoms with Gasteiger partial charge in [-0.25, -0.2) is 4.79 Å². The van der Waals surface area contributed by atoms with Gasteiger partial charge in [0.15, 0.2) is 0 Å². The Balaban J connectivity index is 2.08. The lowest BCUT2D eigenvalue weighted by Gasteiger charge is -2.29. The van der Waals surface area contributed by atoms with Gasteiger partial charge in [-0.15, -0.1) is 0 Å². The molecule has 4 N–H and O–H groups in total. The smallest absolute Gasteiger partial charge is 0.335 e. The fourth-order valence-electron chi connectivity index (χ4n) is 2.36. The first-order valence-corrected chi connectivity index (χ1v) is 5.94. The monoisotopic (exact) mass is 234 g/mol. The lowest BCUT2D eigenvalue weighted by molar-refractivity contribution is 0.0697. The summed E-state index contributed by atoms with van der Waals surface area (Å²) in [4.78, 5) is 10.8. The summed E-state index contributed by atoms with van der Waals surface area (Å²) in [6.07, 6.45) is 1.08. The number of hydrogen-bond acceptors (Lipinski definition) is 3. The van der Waals surface area contributed by atoms with Crippen LogP contribution in [0.15, 0.2) is 24.3 Å². The first-order valence-electron chi connectivity index (χ1n) is 5.94. The lowest BCUT2D eigenvalue weighted by Crippen LogP contribution is -2.38. The fraction of sp³-hybridized carbons (Fsp3) is 0.462. The quantitative estimate of drug-likeness (QED) is 0.730. The van der Waals surface area contributed by atoms with E-state index in [9.17, 15) is 4.79 Å². The van der Waals surface area contributed by atoms with Gasteiger partial charge in [0.05, 0.1) is 5.56 Å². The minimum Gasteiger partial charge on any atom is -0.478 e. The first kappa shape index (κ1) is 12.1. The molecule has 0 bridgehead atoms. The second-order valence-electron chi connectivity index (χ2n) is 4.62. The van der Waals surface area contributed by atoms with Gasteiger partial charge in [-0.1, -0.05) is 12.1 Å². The molecule has 0 saturated carbocycles. The molecular formula is C13H18N2O2. The average Bonchev–Trinajstić information content (AvgIpc) is 2.39. The Morgan fingerprint density at radius 1 is 1.35 bits per heavy atom. The van der Waals surface area contributed by atoms with Crippen molar-refractivity contribution in [2.45, 2.75) is 12.3 Å². The molecular weight excluding hydrogens is 216 g/mol. The standard InChI is InChI=1S/C13H18N2O2/c14-6-9-5-12(8-15-7-9)10-1-3-11(4-2-10)13(16)17/h1-4,9,12,15H,5-8,14H2,(H,16,17). The van der Waals surface area contributed by atoms with Gasteiger partial charge in [-0.2, -0.15) is 0 Å². The number of carbonyl (C=O) groups is 1. The molecule has 1 aliphatic heterocycles. The van der Waals surface area contributed by atoms with Crippen LogP contribution < -0.4 is 11.1 Å². The summed E-state index contributed by atoms with van der Waals surface area (Å²) in [6, 6.07) is 7.16. The van der Waals surface area contributed by atoms with Crippen LogP contribution in [0.2, 0.25) is 0 Å². The zero-order chi connectivity index (χ0) is 12.3. The zero-order valence-electron chi connectivity index (χ0n) is 9.73. The second-order valence-corrected chi connectivity index (χ2v) is 4.62. The molecule has 0 aromatic heterocycles. The normalized spacial score (nSPS) is 24.5. The molecule has 1 aliphatic rings. The van der Waals surface area contributed by atoms with Crippen LogP contribution in [-0.4, -0.2) is 30.7 Å². The van der Waals surface area contributed by atoms with E-state index in [1.54, 1.807) is 12.1 Å². The van der Waals surface area contributed by atoms with Crippen LogP contribution >= 0.6 is 0 Å². The van der Waals surface area contributed by atoms with Crippen molar-refractivity contribution in [3.05, 3.63) is 35.4 Å². The van der Waals surface area contributed by atoms with Crippen molar-refractivity contribution in [2.75, 3.05) is 19.6 Å². The molecule has 0 radical (unpaired) electrons. The molecule has 4 heteroatoms. The Morgan fingerprint density at radius 3 is 2.65 bits per heavy atom. The van der Waals surface area contributed by atoms with Crippen molar-refractivity contribution in [1.29, 1.82) is 0 Å². The van der Waals surface area contributed by atoms with E-state index < -0.39 is 5.97 Å². The van der Waals surface area contributed by atoms with Gasteiger partial charge in [0.25, 0.3) is 0 Å². The minimum atomic E-state index is -0.877. The highest BCUT2D eigenvalue weighted by Crippen LogP contribution is 2.26. The molecule has 1 heterocycles. The highest BCUT2D eigenvalue weighted by atomic mass is 16.4. The van der Waals surface area contributed by atoms with Gasteiger partial charge in [-0.3, -0.25) is 0 Å². The molecule has 0 aliphatic carbocycles. The number of benzene rings is 1. The Labute approximate surface area is 101 Å². The molecule has 2 unspecified atom stereocenters. The van der Waals surface area contributed by atoms with Crippen molar-refractivity contribution in [3.63, 3.8) is 0 Å². The average molecular weight is 234 g/mol. The van der Waals surface area contributed by atoms with Crippen molar-refractivity contribution in [3.8, 4) is 0 Å². The molecule has 0 amide bonds. The number of hydrogen-bond donors (Lipinski definition) is 3. The van der Waals surface area contributed by atoms with E-state index in [0.29, 0.717) is 23.9 Å². The lowest BCUT2D eigenvalue weighted by atomic mass is 9.85. The predicted molar refractivity (Wildman–Crippen MR) is 66.2 cm³/mol. The fourth-order valence-corrected chi connectivity index (χ4v) is 2.36. The SMILES string of the molecule is NCC1CNCC(c2ccc(C(=O)O)cc2)C1. The summed E-state index contributed by atoms with van der Waals surface area (Å²) >= 11 is 0. The third-order valence-electron chi connectivity index (χ3n) is 3.40. The highest BCUT2D eigenvalue weighted by molar-refractivity contribution is 5.87. The van der Waals surface area contributed by atoms with Crippen LogP contribution in [0.25, 0.3) is 0 Å². The third-order valence-corrected chi connectivity index (χ3v) is 3.40. The summed E-state index contributed by atoms with van der Waals surface area (Å²) in [5.74, 6) is 0.0891. The second kappa shape index (κ2) is 5.29. The summed E-state index contributed by atoms with van der Waals surface area (Å²) in [6.45, 7) is 2.64. The third kappa shape index (κ3) is 2.84. The van der Waals surface area contributed by atoms with Crippen LogP contribution in [0, 0.1) is 5.92 Å². The van der Waals surface area contributed by atoms with E-state index in [1.807, 2.05) is 12.1 Å². The number of rotatable bonds is 3. The van der Waals surface area contributed by atoms with E-state index in [4.69, 9.17) is 10.8 Å². The Hall–Kier alpha value is -1.39. The van der Waals surface area contributed by atoms with E-state index in [0.717, 1.165) is 19.5 Å². The molecule has 2 atom stereocenters. The molecule has 1 aromatic carbocycles. The predicted octanol–water partition coefficient (Wildman–Crippen LogP) is 1.04. The van der Waals surface area contributed by atoms with Gasteiger partial charge < -0.3 is 16.2 Å². The van der Waals surface area contributed by atoms with Crippen molar-refractivity contribution in [1.82, 2.24) is 5.32 Å². The molecule has 0 spiro atoms. The maximum absolute atomic E-state index is 10.8. The molecule has 4 nitrogen and oxygen atoms in total. The van der Waals surface area contributed by atoms with Crippen LogP contribution in [0.4, 0.5) is 0 Å².